The molecule has 6 nitrogen and oxygen atoms in total. The van der Waals surface area contributed by atoms with E-state index >= 15 is 0 Å². The van der Waals surface area contributed by atoms with Gasteiger partial charge in [-0.3, -0.25) is 14.5 Å². The van der Waals surface area contributed by atoms with Gasteiger partial charge < -0.3 is 14.2 Å². The predicted octanol–water partition coefficient (Wildman–Crippen LogP) is 1.49. The van der Waals surface area contributed by atoms with Gasteiger partial charge in [-0.25, -0.2) is 0 Å². The van der Waals surface area contributed by atoms with E-state index in [0.29, 0.717) is 19.5 Å². The van der Waals surface area contributed by atoms with Crippen molar-refractivity contribution in [3.05, 3.63) is 23.7 Å². The molecule has 3 rings (SSSR count). The van der Waals surface area contributed by atoms with Gasteiger partial charge in [-0.05, 0) is 26.0 Å². The van der Waals surface area contributed by atoms with Crippen LogP contribution in [-0.2, 0) is 16.1 Å². The fourth-order valence-corrected chi connectivity index (χ4v) is 4.03. The third-order valence-electron chi connectivity index (χ3n) is 5.18. The van der Waals surface area contributed by atoms with Crippen LogP contribution in [0.1, 0.15) is 31.8 Å². The number of aryl methyl sites for hydroxylation is 1. The molecule has 0 radical (unpaired) electrons. The Morgan fingerprint density at radius 3 is 2.62 bits per heavy atom. The summed E-state index contributed by atoms with van der Waals surface area (Å²) in [7, 11) is 0. The number of amides is 2. The van der Waals surface area contributed by atoms with Crippen molar-refractivity contribution in [2.75, 3.05) is 39.3 Å². The fraction of sp³-hybridized carbons (Fsp3) is 0.667. The Morgan fingerprint density at radius 2 is 2.04 bits per heavy atom. The van der Waals surface area contributed by atoms with Crippen molar-refractivity contribution in [1.82, 2.24) is 14.7 Å². The lowest BCUT2D eigenvalue weighted by Gasteiger charge is -2.33. The summed E-state index contributed by atoms with van der Waals surface area (Å²) in [5, 5.41) is 0. The second-order valence-electron chi connectivity index (χ2n) is 7.25. The summed E-state index contributed by atoms with van der Waals surface area (Å²) in [5.74, 6) is 2.15. The molecule has 3 heterocycles. The van der Waals surface area contributed by atoms with Gasteiger partial charge in [0.25, 0.3) is 0 Å². The summed E-state index contributed by atoms with van der Waals surface area (Å²) in [6.07, 6.45) is 0.526. The average molecular weight is 333 g/mol. The number of rotatable bonds is 3. The second kappa shape index (κ2) is 6.59. The molecule has 0 aromatic carbocycles. The molecule has 1 atom stereocenters. The lowest BCUT2D eigenvalue weighted by molar-refractivity contribution is -0.130. The SMILES string of the molecule is CCN1C[C@@]2(CC1=O)CN(Cc1ccc(C)o1)CCN(C(C)=O)C2. The van der Waals surface area contributed by atoms with Gasteiger partial charge in [0.1, 0.15) is 11.5 Å². The van der Waals surface area contributed by atoms with Gasteiger partial charge in [0.15, 0.2) is 0 Å². The Kier molecular flexibility index (Phi) is 4.67. The van der Waals surface area contributed by atoms with Crippen LogP contribution in [0, 0.1) is 12.3 Å². The summed E-state index contributed by atoms with van der Waals surface area (Å²) in [4.78, 5) is 30.4. The Labute approximate surface area is 143 Å². The molecule has 1 aromatic rings. The zero-order chi connectivity index (χ0) is 17.3. The molecule has 6 heteroatoms. The van der Waals surface area contributed by atoms with Gasteiger partial charge in [0, 0.05) is 58.0 Å². The molecule has 2 fully saturated rings. The molecule has 132 valence electrons. The van der Waals surface area contributed by atoms with E-state index < -0.39 is 0 Å². The number of carbonyl (C=O) groups is 2. The topological polar surface area (TPSA) is 57.0 Å². The van der Waals surface area contributed by atoms with Crippen LogP contribution in [0.4, 0.5) is 0 Å². The first kappa shape index (κ1) is 17.0. The van der Waals surface area contributed by atoms with Crippen LogP contribution in [0.3, 0.4) is 0 Å². The highest BCUT2D eigenvalue weighted by atomic mass is 16.3. The highest BCUT2D eigenvalue weighted by Gasteiger charge is 2.46. The molecule has 0 saturated carbocycles. The Hall–Kier alpha value is -1.82. The smallest absolute Gasteiger partial charge is 0.223 e. The Bertz CT molecular complexity index is 627. The number of carbonyl (C=O) groups excluding carboxylic acids is 2. The first-order valence-corrected chi connectivity index (χ1v) is 8.72. The number of nitrogens with zero attached hydrogens (tertiary/aromatic N) is 3. The molecular weight excluding hydrogens is 306 g/mol. The van der Waals surface area contributed by atoms with Crippen molar-refractivity contribution in [3.63, 3.8) is 0 Å². The quantitative estimate of drug-likeness (QED) is 0.841. The fourth-order valence-electron chi connectivity index (χ4n) is 4.03. The van der Waals surface area contributed by atoms with E-state index in [1.54, 1.807) is 6.92 Å². The zero-order valence-corrected chi connectivity index (χ0v) is 14.9. The minimum absolute atomic E-state index is 0.0902. The minimum Gasteiger partial charge on any atom is -0.465 e. The zero-order valence-electron chi connectivity index (χ0n) is 14.9. The van der Waals surface area contributed by atoms with Crippen LogP contribution in [-0.4, -0.2) is 65.8 Å². The van der Waals surface area contributed by atoms with E-state index in [-0.39, 0.29) is 17.2 Å². The van der Waals surface area contributed by atoms with Crippen LogP contribution in [0.25, 0.3) is 0 Å². The molecule has 0 aliphatic carbocycles. The molecule has 2 aliphatic rings. The second-order valence-corrected chi connectivity index (χ2v) is 7.25. The molecule has 0 N–H and O–H groups in total. The molecule has 2 amide bonds. The monoisotopic (exact) mass is 333 g/mol. The molecule has 24 heavy (non-hydrogen) atoms. The molecular formula is C18H27N3O3. The molecule has 1 spiro atoms. The van der Waals surface area contributed by atoms with Gasteiger partial charge in [0.2, 0.25) is 11.8 Å². The number of hydrogen-bond donors (Lipinski definition) is 0. The highest BCUT2D eigenvalue weighted by Crippen LogP contribution is 2.35. The van der Waals surface area contributed by atoms with Crippen molar-refractivity contribution in [3.8, 4) is 0 Å². The molecule has 2 saturated heterocycles. The molecule has 1 aromatic heterocycles. The first-order chi connectivity index (χ1) is 11.4. The highest BCUT2D eigenvalue weighted by molar-refractivity contribution is 5.80. The molecule has 2 aliphatic heterocycles. The summed E-state index contributed by atoms with van der Waals surface area (Å²) in [5.41, 5.74) is -0.170. The summed E-state index contributed by atoms with van der Waals surface area (Å²) < 4.78 is 5.72. The predicted molar refractivity (Wildman–Crippen MR) is 90.3 cm³/mol. The minimum atomic E-state index is -0.170. The van der Waals surface area contributed by atoms with Crippen LogP contribution in [0.5, 0.6) is 0 Å². The standard InChI is InChI=1S/C18H27N3O3/c1-4-20-12-18(9-17(20)23)11-19(7-8-21(13-18)15(3)22)10-16-6-5-14(2)24-16/h5-6H,4,7-13H2,1-3H3/t18-/m1/s1. The largest absolute Gasteiger partial charge is 0.465 e. The lowest BCUT2D eigenvalue weighted by atomic mass is 9.86. The normalized spacial score (nSPS) is 25.5. The maximum absolute atomic E-state index is 12.3. The number of furan rings is 1. The van der Waals surface area contributed by atoms with Gasteiger partial charge in [-0.1, -0.05) is 0 Å². The molecule has 0 unspecified atom stereocenters. The van der Waals surface area contributed by atoms with Gasteiger partial charge in [-0.2, -0.15) is 0 Å². The summed E-state index contributed by atoms with van der Waals surface area (Å²) in [6.45, 7) is 10.8. The van der Waals surface area contributed by atoms with Crippen LogP contribution < -0.4 is 0 Å². The van der Waals surface area contributed by atoms with E-state index in [1.165, 1.54) is 0 Å². The first-order valence-electron chi connectivity index (χ1n) is 8.72. The van der Waals surface area contributed by atoms with Crippen LogP contribution in [0.2, 0.25) is 0 Å². The van der Waals surface area contributed by atoms with E-state index in [4.69, 9.17) is 4.42 Å². The van der Waals surface area contributed by atoms with Crippen molar-refractivity contribution < 1.29 is 14.0 Å². The molecule has 0 bridgehead atoms. The van der Waals surface area contributed by atoms with Gasteiger partial charge in [0.05, 0.1) is 6.54 Å². The lowest BCUT2D eigenvalue weighted by Crippen LogP contribution is -2.43. The third-order valence-corrected chi connectivity index (χ3v) is 5.18. The van der Waals surface area contributed by atoms with Crippen LogP contribution >= 0.6 is 0 Å². The number of likely N-dealkylation sites (tertiary alicyclic amines) is 1. The van der Waals surface area contributed by atoms with Crippen molar-refractivity contribution in [1.29, 1.82) is 0 Å². The summed E-state index contributed by atoms with van der Waals surface area (Å²) in [6, 6.07) is 3.98. The average Bonchev–Trinajstić information content (AvgIpc) is 3.00. The Morgan fingerprint density at radius 1 is 1.25 bits per heavy atom. The summed E-state index contributed by atoms with van der Waals surface area (Å²) >= 11 is 0. The van der Waals surface area contributed by atoms with E-state index in [1.807, 2.05) is 35.8 Å². The van der Waals surface area contributed by atoms with Crippen molar-refractivity contribution >= 4 is 11.8 Å². The number of hydrogen-bond acceptors (Lipinski definition) is 4. The maximum atomic E-state index is 12.3. The maximum Gasteiger partial charge on any atom is 0.223 e. The van der Waals surface area contributed by atoms with E-state index in [0.717, 1.165) is 44.2 Å². The van der Waals surface area contributed by atoms with Gasteiger partial charge in [-0.15, -0.1) is 0 Å². The van der Waals surface area contributed by atoms with Crippen LogP contribution in [0.15, 0.2) is 16.5 Å². The van der Waals surface area contributed by atoms with Crippen molar-refractivity contribution in [2.45, 2.75) is 33.7 Å². The van der Waals surface area contributed by atoms with Crippen molar-refractivity contribution in [2.24, 2.45) is 5.41 Å². The van der Waals surface area contributed by atoms with E-state index in [9.17, 15) is 9.59 Å². The van der Waals surface area contributed by atoms with E-state index in [2.05, 4.69) is 4.90 Å². The Balaban J connectivity index is 1.80. The third kappa shape index (κ3) is 3.48. The van der Waals surface area contributed by atoms with Gasteiger partial charge >= 0.3 is 0 Å².